The standard InChI is InChI=1S/C58H38N2S/c1-2-17-42(18-3-1)59(43-32-29-40(30-33-43)46-24-14-16-39-15-4-5-19-45(39)46)44-34-36-47(53(38-44)41-31-35-52-51-23-9-13-28-57(51)61-58(52)37-41)48-20-6-10-25-54(48)60-55-26-11-7-21-49(55)50-22-8-12-27-56(50)60/h1-38H. The summed E-state index contributed by atoms with van der Waals surface area (Å²) in [4.78, 5) is 2.39. The number of nitrogens with zero attached hydrogens (tertiary/aromatic N) is 2. The van der Waals surface area contributed by atoms with Crippen LogP contribution in [0.3, 0.4) is 0 Å². The van der Waals surface area contributed by atoms with Gasteiger partial charge in [-0.1, -0.05) is 164 Å². The van der Waals surface area contributed by atoms with E-state index in [4.69, 9.17) is 0 Å². The predicted molar refractivity (Wildman–Crippen MR) is 262 cm³/mol. The lowest BCUT2D eigenvalue weighted by molar-refractivity contribution is 1.18. The van der Waals surface area contributed by atoms with Gasteiger partial charge in [-0.2, -0.15) is 0 Å². The van der Waals surface area contributed by atoms with Crippen LogP contribution >= 0.6 is 11.3 Å². The third kappa shape index (κ3) is 5.93. The van der Waals surface area contributed by atoms with Crippen LogP contribution in [0.5, 0.6) is 0 Å². The number of para-hydroxylation sites is 4. The first kappa shape index (κ1) is 35.2. The van der Waals surface area contributed by atoms with E-state index in [9.17, 15) is 0 Å². The molecule has 0 saturated heterocycles. The number of anilines is 3. The number of benzene rings is 10. The Labute approximate surface area is 358 Å². The van der Waals surface area contributed by atoms with E-state index in [-0.39, 0.29) is 0 Å². The molecule has 286 valence electrons. The molecule has 10 aromatic carbocycles. The first-order valence-electron chi connectivity index (χ1n) is 20.8. The second-order valence-corrected chi connectivity index (χ2v) is 16.8. The number of fused-ring (bicyclic) bond motifs is 7. The van der Waals surface area contributed by atoms with Gasteiger partial charge < -0.3 is 9.47 Å². The van der Waals surface area contributed by atoms with Crippen molar-refractivity contribution < 1.29 is 0 Å². The second kappa shape index (κ2) is 14.5. The van der Waals surface area contributed by atoms with Crippen LogP contribution < -0.4 is 4.90 Å². The highest BCUT2D eigenvalue weighted by Gasteiger charge is 2.21. The predicted octanol–water partition coefficient (Wildman–Crippen LogP) is 16.8. The number of hydrogen-bond donors (Lipinski definition) is 0. The first-order valence-corrected chi connectivity index (χ1v) is 21.7. The molecule has 12 rings (SSSR count). The Bertz CT molecular complexity index is 3540. The molecule has 0 atom stereocenters. The maximum atomic E-state index is 2.45. The van der Waals surface area contributed by atoms with E-state index in [1.807, 2.05) is 11.3 Å². The fourth-order valence-corrected chi connectivity index (χ4v) is 10.6. The van der Waals surface area contributed by atoms with E-state index in [0.717, 1.165) is 22.7 Å². The van der Waals surface area contributed by atoms with E-state index in [1.54, 1.807) is 0 Å². The molecule has 2 aromatic heterocycles. The van der Waals surface area contributed by atoms with Gasteiger partial charge in [0, 0.05) is 53.6 Å². The van der Waals surface area contributed by atoms with E-state index >= 15 is 0 Å². The average Bonchev–Trinajstić information content (AvgIpc) is 3.87. The zero-order chi connectivity index (χ0) is 40.3. The van der Waals surface area contributed by atoms with Crippen molar-refractivity contribution >= 4 is 81.1 Å². The van der Waals surface area contributed by atoms with Gasteiger partial charge in [-0.05, 0) is 105 Å². The number of rotatable bonds is 7. The molecule has 2 nitrogen and oxygen atoms in total. The summed E-state index contributed by atoms with van der Waals surface area (Å²) >= 11 is 1.87. The van der Waals surface area contributed by atoms with Gasteiger partial charge in [0.05, 0.1) is 16.7 Å². The van der Waals surface area contributed by atoms with Gasteiger partial charge in [-0.15, -0.1) is 11.3 Å². The van der Waals surface area contributed by atoms with Crippen LogP contribution in [0.1, 0.15) is 0 Å². The Morgan fingerprint density at radius 2 is 0.885 bits per heavy atom. The SMILES string of the molecule is c1ccc(N(c2ccc(-c3cccc4ccccc34)cc2)c2ccc(-c3ccccc3-n3c4ccccc4c4ccccc43)c(-c3ccc4c(c3)sc3ccccc34)c2)cc1. The molecule has 0 saturated carbocycles. The molecule has 3 heteroatoms. The van der Waals surface area contributed by atoms with Crippen LogP contribution in [0.15, 0.2) is 231 Å². The molecule has 12 aromatic rings. The molecule has 2 heterocycles. The van der Waals surface area contributed by atoms with Crippen LogP contribution in [0.2, 0.25) is 0 Å². The smallest absolute Gasteiger partial charge is 0.0541 e. The molecule has 0 radical (unpaired) electrons. The molecule has 0 amide bonds. The van der Waals surface area contributed by atoms with Gasteiger partial charge in [-0.3, -0.25) is 0 Å². The zero-order valence-corrected chi connectivity index (χ0v) is 34.1. The molecular formula is C58H38N2S. The van der Waals surface area contributed by atoms with Crippen molar-refractivity contribution in [2.75, 3.05) is 4.90 Å². The van der Waals surface area contributed by atoms with Crippen LogP contribution in [0.25, 0.3) is 91.8 Å². The topological polar surface area (TPSA) is 8.17 Å². The van der Waals surface area contributed by atoms with Crippen molar-refractivity contribution in [1.29, 1.82) is 0 Å². The third-order valence-electron chi connectivity index (χ3n) is 12.2. The Morgan fingerprint density at radius 3 is 1.69 bits per heavy atom. The number of aromatic nitrogens is 1. The van der Waals surface area contributed by atoms with E-state index in [0.29, 0.717) is 0 Å². The normalized spacial score (nSPS) is 11.6. The van der Waals surface area contributed by atoms with Crippen molar-refractivity contribution in [3.63, 3.8) is 0 Å². The first-order chi connectivity index (χ1) is 30.3. The largest absolute Gasteiger partial charge is 0.310 e. The van der Waals surface area contributed by atoms with Crippen molar-refractivity contribution in [2.24, 2.45) is 0 Å². The minimum Gasteiger partial charge on any atom is -0.310 e. The molecule has 0 aliphatic heterocycles. The molecular weight excluding hydrogens is 757 g/mol. The van der Waals surface area contributed by atoms with Crippen LogP contribution in [0, 0.1) is 0 Å². The summed E-state index contributed by atoms with van der Waals surface area (Å²) in [6.07, 6.45) is 0. The van der Waals surface area contributed by atoms with E-state index < -0.39 is 0 Å². The Kier molecular flexibility index (Phi) is 8.39. The van der Waals surface area contributed by atoms with Gasteiger partial charge >= 0.3 is 0 Å². The van der Waals surface area contributed by atoms with E-state index in [2.05, 4.69) is 240 Å². The maximum absolute atomic E-state index is 2.45. The molecule has 0 aliphatic carbocycles. The van der Waals surface area contributed by atoms with Crippen LogP contribution in [-0.2, 0) is 0 Å². The molecule has 0 fully saturated rings. The van der Waals surface area contributed by atoms with Crippen molar-refractivity contribution in [3.8, 4) is 39.1 Å². The zero-order valence-electron chi connectivity index (χ0n) is 33.2. The van der Waals surface area contributed by atoms with Gasteiger partial charge in [0.15, 0.2) is 0 Å². The Morgan fingerprint density at radius 1 is 0.311 bits per heavy atom. The Hall–Kier alpha value is -7.72. The lowest BCUT2D eigenvalue weighted by Gasteiger charge is -2.27. The molecule has 0 spiro atoms. The van der Waals surface area contributed by atoms with Crippen LogP contribution in [-0.4, -0.2) is 4.57 Å². The van der Waals surface area contributed by atoms with Gasteiger partial charge in [0.25, 0.3) is 0 Å². The summed E-state index contributed by atoms with van der Waals surface area (Å²) in [5.74, 6) is 0. The van der Waals surface area contributed by atoms with Gasteiger partial charge in [0.1, 0.15) is 0 Å². The Balaban J connectivity index is 1.07. The second-order valence-electron chi connectivity index (χ2n) is 15.7. The van der Waals surface area contributed by atoms with Crippen LogP contribution in [0.4, 0.5) is 17.1 Å². The highest BCUT2D eigenvalue weighted by atomic mass is 32.1. The molecule has 61 heavy (non-hydrogen) atoms. The summed E-state index contributed by atoms with van der Waals surface area (Å²) in [6.45, 7) is 0. The molecule has 0 aliphatic rings. The average molecular weight is 795 g/mol. The fraction of sp³-hybridized carbons (Fsp3) is 0. The number of hydrogen-bond acceptors (Lipinski definition) is 2. The maximum Gasteiger partial charge on any atom is 0.0541 e. The summed E-state index contributed by atoms with van der Waals surface area (Å²) in [6, 6.07) is 84.3. The fourth-order valence-electron chi connectivity index (χ4n) is 9.41. The lowest BCUT2D eigenvalue weighted by Crippen LogP contribution is -2.10. The molecule has 0 unspecified atom stereocenters. The monoisotopic (exact) mass is 794 g/mol. The van der Waals surface area contributed by atoms with Crippen molar-refractivity contribution in [3.05, 3.63) is 231 Å². The number of thiophene rings is 1. The quantitative estimate of drug-likeness (QED) is 0.156. The minimum absolute atomic E-state index is 1.09. The summed E-state index contributed by atoms with van der Waals surface area (Å²) in [7, 11) is 0. The summed E-state index contributed by atoms with van der Waals surface area (Å²) in [5, 5.41) is 7.62. The highest BCUT2D eigenvalue weighted by molar-refractivity contribution is 7.25. The minimum atomic E-state index is 1.09. The molecule has 0 bridgehead atoms. The van der Waals surface area contributed by atoms with Crippen molar-refractivity contribution in [1.82, 2.24) is 4.57 Å². The van der Waals surface area contributed by atoms with E-state index in [1.165, 1.54) is 86.1 Å². The highest BCUT2D eigenvalue weighted by Crippen LogP contribution is 2.45. The van der Waals surface area contributed by atoms with Gasteiger partial charge in [-0.25, -0.2) is 0 Å². The molecule has 0 N–H and O–H groups in total. The van der Waals surface area contributed by atoms with Gasteiger partial charge in [0.2, 0.25) is 0 Å². The third-order valence-corrected chi connectivity index (χ3v) is 13.3. The lowest BCUT2D eigenvalue weighted by atomic mass is 9.92. The summed E-state index contributed by atoms with van der Waals surface area (Å²) < 4.78 is 5.04. The summed E-state index contributed by atoms with van der Waals surface area (Å²) in [5.41, 5.74) is 14.0. The van der Waals surface area contributed by atoms with Crippen molar-refractivity contribution in [2.45, 2.75) is 0 Å².